The zero-order valence-corrected chi connectivity index (χ0v) is 14.2. The summed E-state index contributed by atoms with van der Waals surface area (Å²) in [5, 5.41) is 1.80. The second-order valence-electron chi connectivity index (χ2n) is 5.55. The number of nitrogens with zero attached hydrogens (tertiary/aromatic N) is 2. The average molecular weight is 326 g/mol. The van der Waals surface area contributed by atoms with Gasteiger partial charge in [0.05, 0.1) is 22.4 Å². The van der Waals surface area contributed by atoms with E-state index in [9.17, 15) is 0 Å². The summed E-state index contributed by atoms with van der Waals surface area (Å²) < 4.78 is 7.15. The molecule has 0 aliphatic carbocycles. The van der Waals surface area contributed by atoms with E-state index in [0.717, 1.165) is 15.9 Å². The molecule has 7 heteroatoms. The lowest BCUT2D eigenvalue weighted by molar-refractivity contribution is 0.538. The first kappa shape index (κ1) is 14.2. The molecule has 1 aliphatic heterocycles. The van der Waals surface area contributed by atoms with Gasteiger partial charge < -0.3 is 10.2 Å². The van der Waals surface area contributed by atoms with Crippen LogP contribution in [-0.2, 0) is 5.75 Å². The van der Waals surface area contributed by atoms with Crippen molar-refractivity contribution in [3.63, 3.8) is 0 Å². The Morgan fingerprint density at radius 1 is 1.30 bits per heavy atom. The molecule has 20 heavy (non-hydrogen) atoms. The summed E-state index contributed by atoms with van der Waals surface area (Å²) >= 11 is 3.20. The van der Waals surface area contributed by atoms with Gasteiger partial charge in [-0.2, -0.15) is 0 Å². The first-order chi connectivity index (χ1) is 9.66. The van der Waals surface area contributed by atoms with Crippen LogP contribution in [0.1, 0.15) is 25.2 Å². The van der Waals surface area contributed by atoms with Crippen LogP contribution in [0.25, 0.3) is 0 Å². The summed E-state index contributed by atoms with van der Waals surface area (Å²) in [6.07, 6.45) is 7.88. The number of thioether (sulfide) groups is 1. The number of aromatic nitrogens is 2. The zero-order valence-electron chi connectivity index (χ0n) is 11.6. The summed E-state index contributed by atoms with van der Waals surface area (Å²) in [5.74, 6) is 1.59. The van der Waals surface area contributed by atoms with E-state index in [0.29, 0.717) is 5.13 Å². The molecule has 1 saturated heterocycles. The molecule has 0 bridgehead atoms. The lowest BCUT2D eigenvalue weighted by Crippen LogP contribution is -2.45. The van der Waals surface area contributed by atoms with Crippen molar-refractivity contribution in [2.45, 2.75) is 47.9 Å². The Bertz CT molecular complexity index is 578. The van der Waals surface area contributed by atoms with Crippen LogP contribution in [0.2, 0.25) is 18.6 Å². The number of nitrogen functional groups attached to an aromatic ring is 1. The van der Waals surface area contributed by atoms with Crippen molar-refractivity contribution in [3.05, 3.63) is 18.3 Å². The second kappa shape index (κ2) is 5.91. The average Bonchev–Trinajstić information content (AvgIpc) is 3.06. The van der Waals surface area contributed by atoms with Crippen molar-refractivity contribution >= 4 is 41.7 Å². The Balaban J connectivity index is 1.64. The molecule has 2 N–H and O–H groups in total. The van der Waals surface area contributed by atoms with Crippen LogP contribution in [0.5, 0.6) is 0 Å². The van der Waals surface area contributed by atoms with Crippen LogP contribution in [0.3, 0.4) is 0 Å². The Morgan fingerprint density at radius 3 is 2.80 bits per heavy atom. The minimum Gasteiger partial charge on any atom is -0.450 e. The van der Waals surface area contributed by atoms with Gasteiger partial charge >= 0.3 is 0 Å². The van der Waals surface area contributed by atoms with Crippen molar-refractivity contribution in [2.75, 3.05) is 5.73 Å². The molecule has 0 atom stereocenters. The number of anilines is 1. The molecule has 2 aromatic rings. The van der Waals surface area contributed by atoms with E-state index in [1.165, 1.54) is 48.1 Å². The Kier molecular flexibility index (Phi) is 4.18. The molecule has 3 rings (SSSR count). The van der Waals surface area contributed by atoms with Crippen molar-refractivity contribution in [3.8, 4) is 0 Å². The van der Waals surface area contributed by atoms with E-state index < -0.39 is 8.07 Å². The molecule has 3 heterocycles. The lowest BCUT2D eigenvalue weighted by Gasteiger charge is -2.28. The normalized spacial score (nSPS) is 18.2. The number of thiazole rings is 1. The fraction of sp³-hybridized carbons (Fsp3) is 0.538. The summed E-state index contributed by atoms with van der Waals surface area (Å²) in [6, 6.07) is 2.69. The maximum atomic E-state index is 6.04. The lowest BCUT2D eigenvalue weighted by atomic mass is 10.3. The standard InChI is InChI=1S/C13H19N3OS2Si/c1-20(5-3-2-4-6-20)11-7-15-10(17-11)9-18-12-8-16-13(14)19-12/h7-8H,2-6,9H2,1H3,(H2,14,16). The van der Waals surface area contributed by atoms with E-state index in [4.69, 9.17) is 10.2 Å². The van der Waals surface area contributed by atoms with E-state index >= 15 is 0 Å². The quantitative estimate of drug-likeness (QED) is 0.689. The van der Waals surface area contributed by atoms with E-state index in [1.54, 1.807) is 11.8 Å². The summed E-state index contributed by atoms with van der Waals surface area (Å²) in [7, 11) is -1.36. The maximum Gasteiger partial charge on any atom is 0.204 e. The van der Waals surface area contributed by atoms with Gasteiger partial charge in [-0.05, 0) is 0 Å². The van der Waals surface area contributed by atoms with E-state index in [2.05, 4.69) is 16.5 Å². The molecule has 1 fully saturated rings. The number of hydrogen-bond acceptors (Lipinski definition) is 6. The van der Waals surface area contributed by atoms with Crippen molar-refractivity contribution in [1.82, 2.24) is 9.97 Å². The van der Waals surface area contributed by atoms with Crippen LogP contribution in [0, 0.1) is 0 Å². The van der Waals surface area contributed by atoms with Crippen LogP contribution < -0.4 is 11.1 Å². The van der Waals surface area contributed by atoms with Gasteiger partial charge in [0.25, 0.3) is 0 Å². The molecule has 0 radical (unpaired) electrons. The van der Waals surface area contributed by atoms with Gasteiger partial charge in [0.1, 0.15) is 13.5 Å². The summed E-state index contributed by atoms with van der Waals surface area (Å²) in [4.78, 5) is 8.51. The third-order valence-electron chi connectivity index (χ3n) is 3.95. The molecule has 0 amide bonds. The minimum atomic E-state index is -1.36. The molecule has 0 aromatic carbocycles. The largest absolute Gasteiger partial charge is 0.450 e. The smallest absolute Gasteiger partial charge is 0.204 e. The molecule has 0 spiro atoms. The maximum absolute atomic E-state index is 6.04. The van der Waals surface area contributed by atoms with Gasteiger partial charge in [0.2, 0.25) is 5.89 Å². The Labute approximate surface area is 128 Å². The van der Waals surface area contributed by atoms with Crippen molar-refractivity contribution in [2.24, 2.45) is 0 Å². The van der Waals surface area contributed by atoms with Crippen LogP contribution in [0.4, 0.5) is 5.13 Å². The predicted molar refractivity (Wildman–Crippen MR) is 87.3 cm³/mol. The number of nitrogens with two attached hydrogens (primary N) is 1. The molecular weight excluding hydrogens is 306 g/mol. The summed E-state index contributed by atoms with van der Waals surface area (Å²) in [6.45, 7) is 2.44. The highest BCUT2D eigenvalue weighted by Gasteiger charge is 2.35. The highest BCUT2D eigenvalue weighted by molar-refractivity contribution is 8.00. The Morgan fingerprint density at radius 2 is 2.10 bits per heavy atom. The van der Waals surface area contributed by atoms with Gasteiger partial charge in [-0.15, -0.1) is 11.8 Å². The van der Waals surface area contributed by atoms with Gasteiger partial charge in [0.15, 0.2) is 5.13 Å². The molecule has 0 saturated carbocycles. The summed E-state index contributed by atoms with van der Waals surface area (Å²) in [5.41, 5.74) is 5.63. The van der Waals surface area contributed by atoms with Crippen molar-refractivity contribution < 1.29 is 4.42 Å². The van der Waals surface area contributed by atoms with Gasteiger partial charge in [-0.1, -0.05) is 49.2 Å². The molecule has 108 valence electrons. The van der Waals surface area contributed by atoms with E-state index in [-0.39, 0.29) is 0 Å². The molecule has 0 unspecified atom stereocenters. The monoisotopic (exact) mass is 325 g/mol. The van der Waals surface area contributed by atoms with Gasteiger partial charge in [0, 0.05) is 0 Å². The third kappa shape index (κ3) is 3.10. The second-order valence-corrected chi connectivity index (χ2v) is 12.5. The number of oxazole rings is 1. The Hall–Kier alpha value is -0.793. The zero-order chi connectivity index (χ0) is 14.0. The van der Waals surface area contributed by atoms with Crippen LogP contribution in [0.15, 0.2) is 21.0 Å². The highest BCUT2D eigenvalue weighted by Crippen LogP contribution is 2.30. The number of rotatable bonds is 4. The van der Waals surface area contributed by atoms with E-state index in [1.807, 2.05) is 12.4 Å². The molecule has 1 aliphatic rings. The minimum absolute atomic E-state index is 0.614. The third-order valence-corrected chi connectivity index (χ3v) is 10.3. The van der Waals surface area contributed by atoms with Crippen LogP contribution >= 0.6 is 23.1 Å². The molecular formula is C13H19N3OS2Si. The fourth-order valence-corrected chi connectivity index (χ4v) is 7.86. The first-order valence-electron chi connectivity index (χ1n) is 6.95. The van der Waals surface area contributed by atoms with Gasteiger partial charge in [-0.3, -0.25) is 0 Å². The topological polar surface area (TPSA) is 64.9 Å². The van der Waals surface area contributed by atoms with Crippen molar-refractivity contribution in [1.29, 1.82) is 0 Å². The SMILES string of the molecule is C[Si]1(c2cnc(CSc3cnc(N)s3)o2)CCCCC1. The molecule has 4 nitrogen and oxygen atoms in total. The fourth-order valence-electron chi connectivity index (χ4n) is 2.71. The van der Waals surface area contributed by atoms with Crippen LogP contribution in [-0.4, -0.2) is 18.0 Å². The highest BCUT2D eigenvalue weighted by atomic mass is 32.2. The van der Waals surface area contributed by atoms with Gasteiger partial charge in [-0.25, -0.2) is 9.97 Å². The first-order valence-corrected chi connectivity index (χ1v) is 11.7. The number of hydrogen-bond donors (Lipinski definition) is 1. The predicted octanol–water partition coefficient (Wildman–Crippen LogP) is 3.48. The molecule has 2 aromatic heterocycles.